The number of hydrogen-bond acceptors (Lipinski definition) is 5. The number of nitrogens with zero attached hydrogens (tertiary/aromatic N) is 2. The van der Waals surface area contributed by atoms with E-state index in [4.69, 9.17) is 21.1 Å². The molecule has 2 aromatic carbocycles. The second-order valence-corrected chi connectivity index (χ2v) is 7.20. The lowest BCUT2D eigenvalue weighted by Crippen LogP contribution is -2.05. The summed E-state index contributed by atoms with van der Waals surface area (Å²) in [5.41, 5.74) is 2.68. The quantitative estimate of drug-likeness (QED) is 0.436. The van der Waals surface area contributed by atoms with Gasteiger partial charge >= 0.3 is 6.61 Å². The van der Waals surface area contributed by atoms with Crippen LogP contribution in [0.5, 0.6) is 11.5 Å². The normalized spacial score (nSPS) is 11.4. The molecule has 0 aliphatic heterocycles. The zero-order valence-electron chi connectivity index (χ0n) is 15.3. The fraction of sp³-hybridized carbons (Fsp3) is 0.316. The van der Waals surface area contributed by atoms with Gasteiger partial charge in [0.05, 0.1) is 24.8 Å². The van der Waals surface area contributed by atoms with E-state index in [-0.39, 0.29) is 11.5 Å². The van der Waals surface area contributed by atoms with Crippen molar-refractivity contribution >= 4 is 34.4 Å². The van der Waals surface area contributed by atoms with Gasteiger partial charge in [0.25, 0.3) is 0 Å². The second-order valence-electron chi connectivity index (χ2n) is 5.82. The molecule has 9 heteroatoms. The van der Waals surface area contributed by atoms with Crippen LogP contribution < -0.4 is 9.47 Å². The van der Waals surface area contributed by atoms with Gasteiger partial charge in [0, 0.05) is 24.4 Å². The van der Waals surface area contributed by atoms with Gasteiger partial charge in [-0.3, -0.25) is 0 Å². The molecular formula is C19H19ClF2N2O3S. The third-order valence-electron chi connectivity index (χ3n) is 4.01. The van der Waals surface area contributed by atoms with E-state index in [1.807, 2.05) is 18.2 Å². The van der Waals surface area contributed by atoms with E-state index in [0.717, 1.165) is 21.8 Å². The Morgan fingerprint density at radius 1 is 1.14 bits per heavy atom. The standard InChI is InChI=1S/C19H19ClF2N2O3S/c1-25-8-7-24-15-5-4-13(20)10-14(15)23-19(24)28-11-12-3-6-16(27-18(21)22)17(9-12)26-2/h3-6,9-10,18H,7-8,11H2,1-2H3. The van der Waals surface area contributed by atoms with Crippen LogP contribution in [-0.2, 0) is 17.0 Å². The fourth-order valence-corrected chi connectivity index (χ4v) is 3.88. The van der Waals surface area contributed by atoms with Crippen molar-refractivity contribution in [3.8, 4) is 11.5 Å². The molecule has 3 aromatic rings. The minimum absolute atomic E-state index is 0.00762. The maximum absolute atomic E-state index is 12.5. The first kappa shape index (κ1) is 20.7. The van der Waals surface area contributed by atoms with Gasteiger partial charge in [-0.15, -0.1) is 0 Å². The molecule has 0 atom stereocenters. The monoisotopic (exact) mass is 428 g/mol. The van der Waals surface area contributed by atoms with E-state index < -0.39 is 6.61 Å². The molecule has 0 unspecified atom stereocenters. The van der Waals surface area contributed by atoms with Gasteiger partial charge in [0.15, 0.2) is 16.7 Å². The third-order valence-corrected chi connectivity index (χ3v) is 5.29. The fourth-order valence-electron chi connectivity index (χ4n) is 2.73. The molecule has 0 saturated carbocycles. The summed E-state index contributed by atoms with van der Waals surface area (Å²) in [6.45, 7) is -1.70. The van der Waals surface area contributed by atoms with Crippen molar-refractivity contribution < 1.29 is 23.0 Å². The van der Waals surface area contributed by atoms with E-state index in [1.165, 1.54) is 24.9 Å². The van der Waals surface area contributed by atoms with Crippen molar-refractivity contribution in [1.29, 1.82) is 0 Å². The molecule has 0 saturated heterocycles. The van der Waals surface area contributed by atoms with E-state index in [9.17, 15) is 8.78 Å². The average Bonchev–Trinajstić information content (AvgIpc) is 3.01. The van der Waals surface area contributed by atoms with Crippen molar-refractivity contribution in [3.63, 3.8) is 0 Å². The van der Waals surface area contributed by atoms with Gasteiger partial charge in [0.1, 0.15) is 0 Å². The molecule has 0 bridgehead atoms. The zero-order chi connectivity index (χ0) is 20.1. The molecule has 1 aromatic heterocycles. The van der Waals surface area contributed by atoms with Crippen LogP contribution in [0.3, 0.4) is 0 Å². The topological polar surface area (TPSA) is 45.5 Å². The number of ether oxygens (including phenoxy) is 3. The molecule has 0 fully saturated rings. The Morgan fingerprint density at radius 3 is 2.68 bits per heavy atom. The van der Waals surface area contributed by atoms with Crippen LogP contribution in [0.25, 0.3) is 11.0 Å². The van der Waals surface area contributed by atoms with Crippen LogP contribution in [-0.4, -0.2) is 37.0 Å². The van der Waals surface area contributed by atoms with E-state index in [0.29, 0.717) is 23.9 Å². The van der Waals surface area contributed by atoms with Crippen molar-refractivity contribution in [2.75, 3.05) is 20.8 Å². The molecule has 0 radical (unpaired) electrons. The Hall–Kier alpha value is -2.03. The first-order valence-corrected chi connectivity index (χ1v) is 9.77. The summed E-state index contributed by atoms with van der Waals surface area (Å²) < 4.78 is 41.8. The highest BCUT2D eigenvalue weighted by Crippen LogP contribution is 2.33. The summed E-state index contributed by atoms with van der Waals surface area (Å²) in [5.74, 6) is 0.848. The van der Waals surface area contributed by atoms with Crippen molar-refractivity contribution in [3.05, 3.63) is 47.0 Å². The summed E-state index contributed by atoms with van der Waals surface area (Å²) in [6, 6.07) is 10.5. The predicted molar refractivity (Wildman–Crippen MR) is 106 cm³/mol. The number of imidazole rings is 1. The van der Waals surface area contributed by atoms with Gasteiger partial charge in [0.2, 0.25) is 0 Å². The molecule has 0 aliphatic carbocycles. The number of aromatic nitrogens is 2. The SMILES string of the molecule is COCCn1c(SCc2ccc(OC(F)F)c(OC)c2)nc2cc(Cl)ccc21. The highest BCUT2D eigenvalue weighted by atomic mass is 35.5. The van der Waals surface area contributed by atoms with Crippen LogP contribution in [0.4, 0.5) is 8.78 Å². The van der Waals surface area contributed by atoms with E-state index >= 15 is 0 Å². The summed E-state index contributed by atoms with van der Waals surface area (Å²) in [5, 5.41) is 1.45. The number of methoxy groups -OCH3 is 2. The smallest absolute Gasteiger partial charge is 0.387 e. The maximum atomic E-state index is 12.5. The summed E-state index contributed by atoms with van der Waals surface area (Å²) in [4.78, 5) is 4.67. The molecule has 0 amide bonds. The Kier molecular flexibility index (Phi) is 6.98. The van der Waals surface area contributed by atoms with E-state index in [1.54, 1.807) is 19.2 Å². The van der Waals surface area contributed by atoms with Crippen molar-refractivity contribution in [1.82, 2.24) is 9.55 Å². The molecule has 5 nitrogen and oxygen atoms in total. The van der Waals surface area contributed by atoms with Crippen LogP contribution in [0.2, 0.25) is 5.02 Å². The molecule has 0 N–H and O–H groups in total. The molecule has 1 heterocycles. The summed E-state index contributed by atoms with van der Waals surface area (Å²) in [6.07, 6.45) is 0. The highest BCUT2D eigenvalue weighted by Gasteiger charge is 2.14. The Labute approximate surface area is 170 Å². The minimum atomic E-state index is -2.90. The average molecular weight is 429 g/mol. The van der Waals surface area contributed by atoms with Crippen LogP contribution >= 0.6 is 23.4 Å². The van der Waals surface area contributed by atoms with Gasteiger partial charge in [-0.2, -0.15) is 8.78 Å². The number of hydrogen-bond donors (Lipinski definition) is 0. The molecule has 0 aliphatic rings. The number of fused-ring (bicyclic) bond motifs is 1. The first-order chi connectivity index (χ1) is 13.5. The molecule has 3 rings (SSSR count). The Morgan fingerprint density at radius 2 is 1.96 bits per heavy atom. The molecular weight excluding hydrogens is 410 g/mol. The van der Waals surface area contributed by atoms with Crippen LogP contribution in [0.15, 0.2) is 41.6 Å². The van der Waals surface area contributed by atoms with Gasteiger partial charge < -0.3 is 18.8 Å². The van der Waals surface area contributed by atoms with Crippen LogP contribution in [0.1, 0.15) is 5.56 Å². The zero-order valence-corrected chi connectivity index (χ0v) is 16.9. The van der Waals surface area contributed by atoms with Gasteiger partial charge in [-0.25, -0.2) is 4.98 Å². The Bertz CT molecular complexity index is 952. The first-order valence-electron chi connectivity index (χ1n) is 8.41. The molecule has 150 valence electrons. The lowest BCUT2D eigenvalue weighted by Gasteiger charge is -2.12. The van der Waals surface area contributed by atoms with E-state index in [2.05, 4.69) is 14.3 Å². The largest absolute Gasteiger partial charge is 0.493 e. The number of alkyl halides is 2. The summed E-state index contributed by atoms with van der Waals surface area (Å²) in [7, 11) is 3.07. The molecule has 0 spiro atoms. The Balaban J connectivity index is 1.82. The summed E-state index contributed by atoms with van der Waals surface area (Å²) >= 11 is 7.61. The minimum Gasteiger partial charge on any atom is -0.493 e. The van der Waals surface area contributed by atoms with Gasteiger partial charge in [-0.1, -0.05) is 29.4 Å². The van der Waals surface area contributed by atoms with Crippen LogP contribution in [0, 0.1) is 0 Å². The highest BCUT2D eigenvalue weighted by molar-refractivity contribution is 7.98. The predicted octanol–water partition coefficient (Wildman–Crippen LogP) is 5.24. The van der Waals surface area contributed by atoms with Crippen molar-refractivity contribution in [2.45, 2.75) is 24.1 Å². The van der Waals surface area contributed by atoms with Gasteiger partial charge in [-0.05, 0) is 35.9 Å². The number of benzene rings is 2. The molecule has 28 heavy (non-hydrogen) atoms. The van der Waals surface area contributed by atoms with Crippen molar-refractivity contribution in [2.24, 2.45) is 0 Å². The number of thioether (sulfide) groups is 1. The number of rotatable bonds is 9. The lowest BCUT2D eigenvalue weighted by atomic mass is 10.2. The lowest BCUT2D eigenvalue weighted by molar-refractivity contribution is -0.0512. The third kappa shape index (κ3) is 4.87. The second kappa shape index (κ2) is 9.45. The number of halogens is 3. The maximum Gasteiger partial charge on any atom is 0.387 e.